The van der Waals surface area contributed by atoms with Crippen LogP contribution in [0.3, 0.4) is 0 Å². The summed E-state index contributed by atoms with van der Waals surface area (Å²) in [6, 6.07) is 20.5. The minimum absolute atomic E-state index is 0.0148. The summed E-state index contributed by atoms with van der Waals surface area (Å²) in [5.41, 5.74) is 7.14. The second-order valence-electron chi connectivity index (χ2n) is 10.5. The smallest absolute Gasteiger partial charge is 0.110 e. The van der Waals surface area contributed by atoms with Gasteiger partial charge in [-0.1, -0.05) is 80.3 Å². The van der Waals surface area contributed by atoms with Gasteiger partial charge in [-0.3, -0.25) is 0 Å². The maximum atomic E-state index is 2.90. The highest BCUT2D eigenvalue weighted by atomic mass is 15.5. The Morgan fingerprint density at radius 1 is 0.781 bits per heavy atom. The van der Waals surface area contributed by atoms with Crippen molar-refractivity contribution in [3.63, 3.8) is 0 Å². The zero-order chi connectivity index (χ0) is 21.7. The second-order valence-corrected chi connectivity index (χ2v) is 10.5. The Morgan fingerprint density at radius 3 is 2.16 bits per heavy atom. The number of fused-ring (bicyclic) bond motifs is 1. The van der Waals surface area contributed by atoms with E-state index in [0.29, 0.717) is 18.0 Å². The molecule has 2 aliphatic carbocycles. The van der Waals surface area contributed by atoms with Crippen molar-refractivity contribution < 1.29 is 0 Å². The van der Waals surface area contributed by atoms with Gasteiger partial charge < -0.3 is 9.80 Å². The lowest BCUT2D eigenvalue weighted by molar-refractivity contribution is 0.0666. The van der Waals surface area contributed by atoms with Gasteiger partial charge in [-0.05, 0) is 74.6 Å². The topological polar surface area (TPSA) is 6.48 Å². The van der Waals surface area contributed by atoms with E-state index in [9.17, 15) is 0 Å². The summed E-state index contributed by atoms with van der Waals surface area (Å²) < 4.78 is 0. The van der Waals surface area contributed by atoms with Gasteiger partial charge in [0.2, 0.25) is 0 Å². The fourth-order valence-electron chi connectivity index (χ4n) is 7.37. The van der Waals surface area contributed by atoms with E-state index in [0.717, 1.165) is 0 Å². The zero-order valence-corrected chi connectivity index (χ0v) is 19.6. The minimum atomic E-state index is -0.0148. The van der Waals surface area contributed by atoms with Crippen LogP contribution in [0, 0.1) is 18.8 Å². The molecule has 2 unspecified atom stereocenters. The molecule has 2 aliphatic heterocycles. The van der Waals surface area contributed by atoms with Crippen molar-refractivity contribution in [2.75, 3.05) is 4.90 Å². The molecular formula is C30H36N2. The number of anilines is 1. The Balaban J connectivity index is 1.55. The van der Waals surface area contributed by atoms with Gasteiger partial charge in [0, 0.05) is 11.4 Å². The molecule has 0 aromatic heterocycles. The first-order valence-electron chi connectivity index (χ1n) is 12.8. The van der Waals surface area contributed by atoms with Crippen LogP contribution < -0.4 is 4.90 Å². The van der Waals surface area contributed by atoms with Gasteiger partial charge in [-0.25, -0.2) is 0 Å². The van der Waals surface area contributed by atoms with Gasteiger partial charge in [0.25, 0.3) is 0 Å². The van der Waals surface area contributed by atoms with E-state index in [1.54, 1.807) is 0 Å². The first-order chi connectivity index (χ1) is 15.7. The predicted molar refractivity (Wildman–Crippen MR) is 133 cm³/mol. The molecule has 2 atom stereocenters. The normalized spacial score (nSPS) is 28.4. The largest absolute Gasteiger partial charge is 0.336 e. The molecule has 0 amide bonds. The van der Waals surface area contributed by atoms with Crippen molar-refractivity contribution in [2.24, 2.45) is 11.8 Å². The van der Waals surface area contributed by atoms with Crippen molar-refractivity contribution in [3.8, 4) is 0 Å². The van der Waals surface area contributed by atoms with Crippen LogP contribution in [0.4, 0.5) is 5.69 Å². The molecule has 166 valence electrons. The average molecular weight is 425 g/mol. The van der Waals surface area contributed by atoms with E-state index in [1.807, 2.05) is 0 Å². The molecule has 2 aromatic carbocycles. The molecule has 0 bridgehead atoms. The summed E-state index contributed by atoms with van der Waals surface area (Å²) in [7, 11) is 0. The van der Waals surface area contributed by atoms with Crippen LogP contribution in [0.2, 0.25) is 0 Å². The molecule has 0 spiro atoms. The van der Waals surface area contributed by atoms with Gasteiger partial charge in [-0.15, -0.1) is 0 Å². The molecule has 2 heterocycles. The van der Waals surface area contributed by atoms with Crippen LogP contribution >= 0.6 is 0 Å². The van der Waals surface area contributed by atoms with E-state index in [1.165, 1.54) is 79.6 Å². The Hall–Kier alpha value is -2.48. The molecule has 6 rings (SSSR count). The van der Waals surface area contributed by atoms with Crippen LogP contribution in [0.25, 0.3) is 0 Å². The molecule has 2 heteroatoms. The molecular weight excluding hydrogens is 388 g/mol. The molecule has 2 aromatic rings. The number of rotatable bonds is 4. The quantitative estimate of drug-likeness (QED) is 0.501. The average Bonchev–Trinajstić information content (AvgIpc) is 3.61. The molecule has 2 saturated carbocycles. The lowest BCUT2D eigenvalue weighted by atomic mass is 9.75. The van der Waals surface area contributed by atoms with Crippen LogP contribution in [0.5, 0.6) is 0 Å². The van der Waals surface area contributed by atoms with E-state index < -0.39 is 0 Å². The number of hydrogen-bond donors (Lipinski definition) is 0. The summed E-state index contributed by atoms with van der Waals surface area (Å²) in [6.45, 7) is 4.64. The highest BCUT2D eigenvalue weighted by Crippen LogP contribution is 2.57. The van der Waals surface area contributed by atoms with Crippen molar-refractivity contribution >= 4 is 5.69 Å². The van der Waals surface area contributed by atoms with Crippen molar-refractivity contribution in [2.45, 2.75) is 76.9 Å². The van der Waals surface area contributed by atoms with E-state index >= 15 is 0 Å². The second kappa shape index (κ2) is 7.83. The van der Waals surface area contributed by atoms with Gasteiger partial charge in [-0.2, -0.15) is 0 Å². The van der Waals surface area contributed by atoms with Gasteiger partial charge in [0.05, 0.1) is 11.2 Å². The highest BCUT2D eigenvalue weighted by molar-refractivity contribution is 5.64. The molecule has 0 saturated heterocycles. The summed E-state index contributed by atoms with van der Waals surface area (Å²) >= 11 is 0. The first-order valence-corrected chi connectivity index (χ1v) is 12.8. The lowest BCUT2D eigenvalue weighted by Crippen LogP contribution is -2.55. The monoisotopic (exact) mass is 424 g/mol. The van der Waals surface area contributed by atoms with E-state index in [4.69, 9.17) is 0 Å². The maximum absolute atomic E-state index is 2.90. The predicted octanol–water partition coefficient (Wildman–Crippen LogP) is 7.52. The van der Waals surface area contributed by atoms with Crippen LogP contribution in [0.1, 0.15) is 69.4 Å². The summed E-state index contributed by atoms with van der Waals surface area (Å²) in [5, 5.41) is 0. The van der Waals surface area contributed by atoms with Crippen LogP contribution in [-0.2, 0) is 5.54 Å². The molecule has 2 fully saturated rings. The Morgan fingerprint density at radius 2 is 1.44 bits per heavy atom. The Labute approximate surface area is 193 Å². The number of benzene rings is 2. The minimum Gasteiger partial charge on any atom is -0.336 e. The van der Waals surface area contributed by atoms with E-state index in [2.05, 4.69) is 90.4 Å². The number of aryl methyl sites for hydroxylation is 1. The molecule has 0 radical (unpaired) electrons. The van der Waals surface area contributed by atoms with E-state index in [-0.39, 0.29) is 5.54 Å². The van der Waals surface area contributed by atoms with Crippen molar-refractivity contribution in [3.05, 3.63) is 89.3 Å². The van der Waals surface area contributed by atoms with Gasteiger partial charge >= 0.3 is 0 Å². The third-order valence-electron chi connectivity index (χ3n) is 8.82. The maximum Gasteiger partial charge on any atom is 0.110 e. The first kappa shape index (κ1) is 20.1. The lowest BCUT2D eigenvalue weighted by Gasteiger charge is -2.50. The third-order valence-corrected chi connectivity index (χ3v) is 8.82. The fraction of sp³-hybridized carbons (Fsp3) is 0.467. The number of hydrogen-bond acceptors (Lipinski definition) is 2. The Kier molecular flexibility index (Phi) is 4.93. The SMILES string of the molecule is CC1=C2C=CC(c3ccccc3)(C3CCCC3)N2C(C2CCCC2)N1c1ccccc1C. The number of para-hydroxylation sites is 1. The Bertz CT molecular complexity index is 1040. The third kappa shape index (κ3) is 2.84. The summed E-state index contributed by atoms with van der Waals surface area (Å²) in [5.74, 6) is 1.40. The van der Waals surface area contributed by atoms with Gasteiger partial charge in [0.15, 0.2) is 0 Å². The highest BCUT2D eigenvalue weighted by Gasteiger charge is 2.56. The zero-order valence-electron chi connectivity index (χ0n) is 19.6. The van der Waals surface area contributed by atoms with Gasteiger partial charge in [0.1, 0.15) is 6.17 Å². The molecule has 4 aliphatic rings. The fourth-order valence-corrected chi connectivity index (χ4v) is 7.37. The molecule has 32 heavy (non-hydrogen) atoms. The standard InChI is InChI=1S/C30H36N2/c1-22-12-6-11-19-27(22)31-23(2)28-20-21-30(26-17-9-10-18-26,25-15-4-3-5-16-25)32(28)29(31)24-13-7-8-14-24/h3-6,11-12,15-16,19-21,24,26,29H,7-10,13-14,17-18H2,1-2H3. The number of nitrogens with zero attached hydrogens (tertiary/aromatic N) is 2. The molecule has 0 N–H and O–H groups in total. The van der Waals surface area contributed by atoms with Crippen LogP contribution in [-0.4, -0.2) is 11.1 Å². The summed E-state index contributed by atoms with van der Waals surface area (Å²) in [6.07, 6.45) is 16.3. The van der Waals surface area contributed by atoms with Crippen molar-refractivity contribution in [1.82, 2.24) is 4.90 Å². The van der Waals surface area contributed by atoms with Crippen LogP contribution in [0.15, 0.2) is 78.1 Å². The summed E-state index contributed by atoms with van der Waals surface area (Å²) in [4.78, 5) is 5.62. The van der Waals surface area contributed by atoms with Crippen molar-refractivity contribution in [1.29, 1.82) is 0 Å². The number of allylic oxidation sites excluding steroid dienone is 2. The molecule has 2 nitrogen and oxygen atoms in total.